The molecule has 0 aliphatic carbocycles. The average Bonchev–Trinajstić information content (AvgIpc) is 2.89. The lowest BCUT2D eigenvalue weighted by Crippen LogP contribution is -2.28. The van der Waals surface area contributed by atoms with Crippen molar-refractivity contribution in [2.24, 2.45) is 0 Å². The van der Waals surface area contributed by atoms with Gasteiger partial charge in [-0.1, -0.05) is 12.1 Å². The van der Waals surface area contributed by atoms with Gasteiger partial charge in [0.2, 0.25) is 5.91 Å². The van der Waals surface area contributed by atoms with Crippen LogP contribution in [0.1, 0.15) is 26.9 Å². The second-order valence-electron chi connectivity index (χ2n) is 5.28. The molecular formula is C17H14FNO3S. The van der Waals surface area contributed by atoms with Crippen LogP contribution in [-0.4, -0.2) is 22.7 Å². The van der Waals surface area contributed by atoms with Gasteiger partial charge in [0.1, 0.15) is 11.2 Å². The number of amides is 1. The van der Waals surface area contributed by atoms with Gasteiger partial charge < -0.3 is 5.11 Å². The van der Waals surface area contributed by atoms with E-state index in [1.807, 2.05) is 0 Å². The van der Waals surface area contributed by atoms with Crippen molar-refractivity contribution in [2.45, 2.75) is 12.3 Å². The van der Waals surface area contributed by atoms with Gasteiger partial charge in [-0.15, -0.1) is 11.8 Å². The van der Waals surface area contributed by atoms with Crippen LogP contribution >= 0.6 is 11.8 Å². The summed E-state index contributed by atoms with van der Waals surface area (Å²) in [4.78, 5) is 25.0. The number of carbonyl (C=O) groups is 2. The number of carbonyl (C=O) groups excluding carboxylic acids is 1. The van der Waals surface area contributed by atoms with E-state index in [1.54, 1.807) is 36.1 Å². The fourth-order valence-corrected chi connectivity index (χ4v) is 3.79. The molecule has 1 fully saturated rings. The van der Waals surface area contributed by atoms with Crippen LogP contribution in [0.5, 0.6) is 0 Å². The first-order valence-corrected chi connectivity index (χ1v) is 8.05. The van der Waals surface area contributed by atoms with Crippen molar-refractivity contribution in [2.75, 3.05) is 10.7 Å². The van der Waals surface area contributed by atoms with Crippen molar-refractivity contribution in [3.63, 3.8) is 0 Å². The van der Waals surface area contributed by atoms with Gasteiger partial charge >= 0.3 is 5.97 Å². The van der Waals surface area contributed by atoms with Gasteiger partial charge in [-0.3, -0.25) is 9.69 Å². The average molecular weight is 331 g/mol. The maximum absolute atomic E-state index is 13.1. The third-order valence-corrected chi connectivity index (χ3v) is 4.95. The number of thioether (sulfide) groups is 1. The van der Waals surface area contributed by atoms with E-state index in [9.17, 15) is 14.0 Å². The minimum absolute atomic E-state index is 0.0493. The Labute approximate surface area is 136 Å². The SMILES string of the molecule is Cc1cc(N2C(=O)CSC2c2ccc(F)cc2)ccc1C(=O)O. The monoisotopic (exact) mass is 331 g/mol. The van der Waals surface area contributed by atoms with E-state index in [-0.39, 0.29) is 22.7 Å². The van der Waals surface area contributed by atoms with E-state index >= 15 is 0 Å². The summed E-state index contributed by atoms with van der Waals surface area (Å²) in [6.45, 7) is 1.70. The van der Waals surface area contributed by atoms with Crippen molar-refractivity contribution in [1.82, 2.24) is 0 Å². The van der Waals surface area contributed by atoms with Gasteiger partial charge in [0.05, 0.1) is 11.3 Å². The van der Waals surface area contributed by atoms with E-state index in [4.69, 9.17) is 5.11 Å². The molecule has 1 N–H and O–H groups in total. The van der Waals surface area contributed by atoms with Crippen LogP contribution in [0.15, 0.2) is 42.5 Å². The number of aromatic carboxylic acids is 1. The molecular weight excluding hydrogens is 317 g/mol. The zero-order valence-corrected chi connectivity index (χ0v) is 13.1. The third kappa shape index (κ3) is 2.94. The van der Waals surface area contributed by atoms with E-state index < -0.39 is 5.97 Å². The predicted octanol–water partition coefficient (Wildman–Crippen LogP) is 3.61. The smallest absolute Gasteiger partial charge is 0.335 e. The number of hydrogen-bond donors (Lipinski definition) is 1. The molecule has 1 aliphatic heterocycles. The van der Waals surface area contributed by atoms with Crippen LogP contribution in [0.4, 0.5) is 10.1 Å². The number of aryl methyl sites for hydroxylation is 1. The lowest BCUT2D eigenvalue weighted by atomic mass is 10.1. The minimum Gasteiger partial charge on any atom is -0.478 e. The summed E-state index contributed by atoms with van der Waals surface area (Å²) in [5, 5.41) is 8.87. The summed E-state index contributed by atoms with van der Waals surface area (Å²) in [7, 11) is 0. The Morgan fingerprint density at radius 2 is 1.96 bits per heavy atom. The van der Waals surface area contributed by atoms with E-state index in [2.05, 4.69) is 0 Å². The summed E-state index contributed by atoms with van der Waals surface area (Å²) < 4.78 is 13.1. The summed E-state index contributed by atoms with van der Waals surface area (Å²) in [6, 6.07) is 10.9. The van der Waals surface area contributed by atoms with Gasteiger partial charge in [-0.05, 0) is 48.4 Å². The zero-order valence-electron chi connectivity index (χ0n) is 12.3. The van der Waals surface area contributed by atoms with Crippen LogP contribution in [0.2, 0.25) is 0 Å². The summed E-state index contributed by atoms with van der Waals surface area (Å²) in [6.07, 6.45) is 0. The Morgan fingerprint density at radius 3 is 2.57 bits per heavy atom. The molecule has 2 aromatic carbocycles. The summed E-state index contributed by atoms with van der Waals surface area (Å²) >= 11 is 1.47. The number of carboxylic acid groups (broad SMARTS) is 1. The molecule has 0 bridgehead atoms. The number of benzene rings is 2. The highest BCUT2D eigenvalue weighted by molar-refractivity contribution is 8.00. The predicted molar refractivity (Wildman–Crippen MR) is 87.2 cm³/mol. The summed E-state index contributed by atoms with van der Waals surface area (Å²) in [5.41, 5.74) is 2.29. The molecule has 23 heavy (non-hydrogen) atoms. The summed E-state index contributed by atoms with van der Waals surface area (Å²) in [5.74, 6) is -1.03. The highest BCUT2D eigenvalue weighted by Gasteiger charge is 2.34. The zero-order chi connectivity index (χ0) is 16.6. The molecule has 3 rings (SSSR count). The molecule has 118 valence electrons. The normalized spacial score (nSPS) is 17.6. The molecule has 0 aromatic heterocycles. The number of hydrogen-bond acceptors (Lipinski definition) is 3. The molecule has 2 aromatic rings. The second-order valence-corrected chi connectivity index (χ2v) is 6.35. The molecule has 0 saturated carbocycles. The van der Waals surface area contributed by atoms with Gasteiger partial charge in [0, 0.05) is 5.69 Å². The number of nitrogens with zero attached hydrogens (tertiary/aromatic N) is 1. The number of halogens is 1. The van der Waals surface area contributed by atoms with E-state index in [0.717, 1.165) is 5.56 Å². The molecule has 6 heteroatoms. The second kappa shape index (κ2) is 6.04. The largest absolute Gasteiger partial charge is 0.478 e. The Morgan fingerprint density at radius 1 is 1.26 bits per heavy atom. The maximum Gasteiger partial charge on any atom is 0.335 e. The molecule has 1 heterocycles. The van der Waals surface area contributed by atoms with Gasteiger partial charge in [0.15, 0.2) is 0 Å². The lowest BCUT2D eigenvalue weighted by molar-refractivity contribution is -0.115. The molecule has 1 amide bonds. The van der Waals surface area contributed by atoms with Crippen LogP contribution in [0.25, 0.3) is 0 Å². The molecule has 4 nitrogen and oxygen atoms in total. The Bertz CT molecular complexity index is 776. The van der Waals surface area contributed by atoms with Crippen LogP contribution in [0, 0.1) is 12.7 Å². The van der Waals surface area contributed by atoms with Crippen LogP contribution in [-0.2, 0) is 4.79 Å². The van der Waals surface area contributed by atoms with Crippen molar-refractivity contribution < 1.29 is 19.1 Å². The first kappa shape index (κ1) is 15.6. The molecule has 1 atom stereocenters. The van der Waals surface area contributed by atoms with E-state index in [1.165, 1.54) is 30.0 Å². The highest BCUT2D eigenvalue weighted by Crippen LogP contribution is 2.42. The quantitative estimate of drug-likeness (QED) is 0.933. The Hall–Kier alpha value is -2.34. The number of carboxylic acids is 1. The first-order valence-electron chi connectivity index (χ1n) is 7.00. The van der Waals surface area contributed by atoms with Crippen LogP contribution in [0.3, 0.4) is 0 Å². The van der Waals surface area contributed by atoms with Crippen molar-refractivity contribution >= 4 is 29.3 Å². The molecule has 1 saturated heterocycles. The van der Waals surface area contributed by atoms with E-state index in [0.29, 0.717) is 17.0 Å². The Balaban J connectivity index is 1.98. The fourth-order valence-electron chi connectivity index (χ4n) is 2.61. The molecule has 0 radical (unpaired) electrons. The fraction of sp³-hybridized carbons (Fsp3) is 0.176. The molecule has 0 spiro atoms. The molecule has 1 aliphatic rings. The van der Waals surface area contributed by atoms with Crippen molar-refractivity contribution in [3.05, 3.63) is 65.0 Å². The maximum atomic E-state index is 13.1. The third-order valence-electron chi connectivity index (χ3n) is 3.74. The van der Waals surface area contributed by atoms with Gasteiger partial charge in [-0.2, -0.15) is 0 Å². The molecule has 1 unspecified atom stereocenters. The topological polar surface area (TPSA) is 57.6 Å². The minimum atomic E-state index is -0.994. The first-order chi connectivity index (χ1) is 11.0. The van der Waals surface area contributed by atoms with Crippen molar-refractivity contribution in [3.8, 4) is 0 Å². The van der Waals surface area contributed by atoms with Crippen LogP contribution < -0.4 is 4.90 Å². The number of anilines is 1. The lowest BCUT2D eigenvalue weighted by Gasteiger charge is -2.25. The highest BCUT2D eigenvalue weighted by atomic mass is 32.2. The van der Waals surface area contributed by atoms with Gasteiger partial charge in [-0.25, -0.2) is 9.18 Å². The van der Waals surface area contributed by atoms with Gasteiger partial charge in [0.25, 0.3) is 0 Å². The standard InChI is InChI=1S/C17H14FNO3S/c1-10-8-13(6-7-14(10)17(21)22)19-15(20)9-23-16(19)11-2-4-12(18)5-3-11/h2-8,16H,9H2,1H3,(H,21,22). The van der Waals surface area contributed by atoms with Crippen molar-refractivity contribution in [1.29, 1.82) is 0 Å². The number of rotatable bonds is 3. The Kier molecular flexibility index (Phi) is 4.09.